The normalized spacial score (nSPS) is 9.32. The predicted octanol–water partition coefficient (Wildman–Crippen LogP) is 13.0. The van der Waals surface area contributed by atoms with Crippen molar-refractivity contribution in [1.29, 1.82) is 0 Å². The van der Waals surface area contributed by atoms with Crippen molar-refractivity contribution in [2.45, 2.75) is 176 Å². The third kappa shape index (κ3) is 98.9. The maximum atomic E-state index is 7.23. The molecule has 2 aromatic rings. The molecule has 280 valence electrons. The van der Waals surface area contributed by atoms with Crippen LogP contribution in [0, 0.1) is 0 Å². The van der Waals surface area contributed by atoms with Gasteiger partial charge < -0.3 is 29.4 Å². The van der Waals surface area contributed by atoms with Gasteiger partial charge in [0.1, 0.15) is 0 Å². The first-order valence-corrected chi connectivity index (χ1v) is 20.8. The van der Waals surface area contributed by atoms with Crippen molar-refractivity contribution in [2.75, 3.05) is 0 Å². The highest BCUT2D eigenvalue weighted by molar-refractivity contribution is 7.38. The Balaban J connectivity index is -0.000000155. The average molecular weight is 705 g/mol. The highest BCUT2D eigenvalue weighted by Gasteiger charge is 1.91. The van der Waals surface area contributed by atoms with Gasteiger partial charge in [-0.25, -0.2) is 0 Å². The predicted molar refractivity (Wildman–Crippen MR) is 211 cm³/mol. The minimum atomic E-state index is -2.62. The summed E-state index contributed by atoms with van der Waals surface area (Å²) in [6.07, 6.45) is 30.1. The van der Waals surface area contributed by atoms with Crippen LogP contribution < -0.4 is 0 Å². The Hall–Kier alpha value is -0.940. The Kier molecular flexibility index (Phi) is 71.3. The van der Waals surface area contributed by atoms with E-state index in [2.05, 4.69) is 41.5 Å². The zero-order chi connectivity index (χ0) is 36.5. The fourth-order valence-electron chi connectivity index (χ4n) is 3.89. The first-order chi connectivity index (χ1) is 22.7. The van der Waals surface area contributed by atoms with E-state index in [-0.39, 0.29) is 0 Å². The van der Waals surface area contributed by atoms with Gasteiger partial charge in [0.15, 0.2) is 0 Å². The van der Waals surface area contributed by atoms with E-state index in [1.165, 1.54) is 135 Å². The summed E-state index contributed by atoms with van der Waals surface area (Å²) in [4.78, 5) is 43.4. The van der Waals surface area contributed by atoms with Crippen molar-refractivity contribution in [3.8, 4) is 0 Å². The standard InChI is InChI=1S/2C12H26.2C6H6.C3H8.2H3O3P/c2*1-3-5-7-9-11-12-10-8-6-4-2;2*1-2-4-6-5-3-1;1-3-2;2*1-4(2)3/h2*3-12H2,1-2H3;2*1-6H;3H2,1-2H3;2*1-3H. The maximum Gasteiger partial charge on any atom is 0.324 e. The summed E-state index contributed by atoms with van der Waals surface area (Å²) in [7, 11) is -5.24. The lowest BCUT2D eigenvalue weighted by Gasteiger charge is -1.99. The Morgan fingerprint density at radius 1 is 0.255 bits per heavy atom. The third-order valence-electron chi connectivity index (χ3n) is 6.25. The molecule has 2 aromatic carbocycles. The van der Waals surface area contributed by atoms with Crippen LogP contribution in [0.4, 0.5) is 0 Å². The second-order valence-corrected chi connectivity index (χ2v) is 12.3. The number of rotatable bonds is 18. The number of benzene rings is 2. The molecule has 0 fully saturated rings. The zero-order valence-electron chi connectivity index (χ0n) is 31.4. The first kappa shape index (κ1) is 55.5. The van der Waals surface area contributed by atoms with Crippen LogP contribution in [-0.4, -0.2) is 29.4 Å². The SMILES string of the molecule is CCC.CCCCCCCCCCCC.CCCCCCCCCCCC.OP(O)O.OP(O)O.c1ccccc1.c1ccccc1. The van der Waals surface area contributed by atoms with Crippen LogP contribution in [0.3, 0.4) is 0 Å². The largest absolute Gasteiger partial charge is 0.328 e. The van der Waals surface area contributed by atoms with Crippen LogP contribution in [0.2, 0.25) is 0 Å². The van der Waals surface area contributed by atoms with Crippen LogP contribution in [0.15, 0.2) is 72.8 Å². The minimum absolute atomic E-state index is 1.25. The molecule has 6 nitrogen and oxygen atoms in total. The van der Waals surface area contributed by atoms with Crippen molar-refractivity contribution in [3.05, 3.63) is 72.8 Å². The molecule has 0 atom stereocenters. The maximum absolute atomic E-state index is 7.23. The lowest BCUT2D eigenvalue weighted by molar-refractivity contribution is 0.366. The fraction of sp³-hybridized carbons (Fsp3) is 0.692. The summed E-state index contributed by atoms with van der Waals surface area (Å²) in [5.41, 5.74) is 0. The van der Waals surface area contributed by atoms with E-state index in [0.717, 1.165) is 0 Å². The van der Waals surface area contributed by atoms with Gasteiger partial charge >= 0.3 is 17.2 Å². The molecule has 6 N–H and O–H groups in total. The first-order valence-electron chi connectivity index (χ1n) is 18.4. The highest BCUT2D eigenvalue weighted by Crippen LogP contribution is 2.12. The van der Waals surface area contributed by atoms with Crippen molar-refractivity contribution < 1.29 is 29.4 Å². The Labute approximate surface area is 295 Å². The van der Waals surface area contributed by atoms with Crippen molar-refractivity contribution in [2.24, 2.45) is 0 Å². The van der Waals surface area contributed by atoms with Crippen LogP contribution in [-0.2, 0) is 0 Å². The molecule has 0 aromatic heterocycles. The summed E-state index contributed by atoms with van der Waals surface area (Å²) in [5.74, 6) is 0. The van der Waals surface area contributed by atoms with E-state index in [9.17, 15) is 0 Å². The molecule has 0 radical (unpaired) electrons. The van der Waals surface area contributed by atoms with Gasteiger partial charge in [0.05, 0.1) is 0 Å². The van der Waals surface area contributed by atoms with E-state index in [1.807, 2.05) is 72.8 Å². The third-order valence-corrected chi connectivity index (χ3v) is 6.25. The molecule has 2 rings (SSSR count). The van der Waals surface area contributed by atoms with Gasteiger partial charge in [-0.3, -0.25) is 0 Å². The van der Waals surface area contributed by atoms with Crippen molar-refractivity contribution in [1.82, 2.24) is 0 Å². The Bertz CT molecular complexity index is 531. The molecule has 0 aliphatic rings. The van der Waals surface area contributed by atoms with E-state index in [4.69, 9.17) is 29.4 Å². The molecule has 0 aliphatic heterocycles. The molecular weight excluding hydrogens is 626 g/mol. The lowest BCUT2D eigenvalue weighted by atomic mass is 10.1. The average Bonchev–Trinajstić information content (AvgIpc) is 3.06. The second-order valence-electron chi connectivity index (χ2n) is 11.2. The fourth-order valence-corrected chi connectivity index (χ4v) is 3.89. The monoisotopic (exact) mass is 705 g/mol. The zero-order valence-corrected chi connectivity index (χ0v) is 33.1. The van der Waals surface area contributed by atoms with Gasteiger partial charge in [-0.05, 0) is 0 Å². The van der Waals surface area contributed by atoms with E-state index >= 15 is 0 Å². The van der Waals surface area contributed by atoms with Crippen molar-refractivity contribution >= 4 is 17.2 Å². The van der Waals surface area contributed by atoms with Crippen LogP contribution in [0.5, 0.6) is 0 Å². The smallest absolute Gasteiger partial charge is 0.324 e. The lowest BCUT2D eigenvalue weighted by Crippen LogP contribution is -1.80. The van der Waals surface area contributed by atoms with E-state index in [0.29, 0.717) is 0 Å². The molecule has 8 heteroatoms. The molecule has 0 saturated heterocycles. The molecule has 0 heterocycles. The van der Waals surface area contributed by atoms with E-state index in [1.54, 1.807) is 0 Å². The summed E-state index contributed by atoms with van der Waals surface area (Å²) < 4.78 is 0. The molecule has 0 unspecified atom stereocenters. The summed E-state index contributed by atoms with van der Waals surface area (Å²) in [6.45, 7) is 13.4. The Morgan fingerprint density at radius 3 is 0.426 bits per heavy atom. The quantitative estimate of drug-likeness (QED) is 0.0678. The summed E-state index contributed by atoms with van der Waals surface area (Å²) >= 11 is 0. The van der Waals surface area contributed by atoms with Gasteiger partial charge in [-0.15, -0.1) is 0 Å². The Morgan fingerprint density at radius 2 is 0.340 bits per heavy atom. The molecule has 0 aliphatic carbocycles. The van der Waals surface area contributed by atoms with Crippen LogP contribution in [0.25, 0.3) is 0 Å². The van der Waals surface area contributed by atoms with Crippen LogP contribution >= 0.6 is 17.2 Å². The van der Waals surface area contributed by atoms with Gasteiger partial charge in [0.25, 0.3) is 0 Å². The molecular formula is C39H78O6P2. The molecule has 0 amide bonds. The highest BCUT2D eigenvalue weighted by atomic mass is 31.2. The molecule has 0 saturated carbocycles. The van der Waals surface area contributed by atoms with Gasteiger partial charge in [-0.1, -0.05) is 249 Å². The molecule has 47 heavy (non-hydrogen) atoms. The topological polar surface area (TPSA) is 121 Å². The second kappa shape index (κ2) is 60.4. The van der Waals surface area contributed by atoms with E-state index < -0.39 is 17.2 Å². The number of hydrogen-bond donors (Lipinski definition) is 6. The number of unbranched alkanes of at least 4 members (excludes halogenated alkanes) is 18. The van der Waals surface area contributed by atoms with Gasteiger partial charge in [0, 0.05) is 0 Å². The molecule has 0 bridgehead atoms. The van der Waals surface area contributed by atoms with Gasteiger partial charge in [-0.2, -0.15) is 0 Å². The molecule has 0 spiro atoms. The van der Waals surface area contributed by atoms with Gasteiger partial charge in [0.2, 0.25) is 0 Å². The summed E-state index contributed by atoms with van der Waals surface area (Å²) in [6, 6.07) is 24.0. The summed E-state index contributed by atoms with van der Waals surface area (Å²) in [5, 5.41) is 0. The minimum Gasteiger partial charge on any atom is -0.328 e. The number of hydrogen-bond acceptors (Lipinski definition) is 6. The van der Waals surface area contributed by atoms with Crippen LogP contribution in [0.1, 0.15) is 176 Å². The van der Waals surface area contributed by atoms with Crippen molar-refractivity contribution in [3.63, 3.8) is 0 Å².